The second kappa shape index (κ2) is 8.46. The van der Waals surface area contributed by atoms with E-state index in [0.29, 0.717) is 11.9 Å². The molecule has 1 aliphatic rings. The van der Waals surface area contributed by atoms with Crippen molar-refractivity contribution in [3.05, 3.63) is 42.9 Å². The van der Waals surface area contributed by atoms with Gasteiger partial charge >= 0.3 is 6.03 Å². The molecule has 0 aliphatic carbocycles. The van der Waals surface area contributed by atoms with Crippen LogP contribution in [0.25, 0.3) is 16.9 Å². The zero-order valence-corrected chi connectivity index (χ0v) is 17.0. The smallest absolute Gasteiger partial charge is 0.319 e. The maximum Gasteiger partial charge on any atom is 0.319 e. The normalized spacial score (nSPS) is 16.8. The van der Waals surface area contributed by atoms with Gasteiger partial charge in [0.2, 0.25) is 5.95 Å². The van der Waals surface area contributed by atoms with Crippen LogP contribution in [-0.4, -0.2) is 69.1 Å². The lowest BCUT2D eigenvalue weighted by atomic mass is 9.95. The summed E-state index contributed by atoms with van der Waals surface area (Å²) in [5, 5.41) is 3.34. The number of hydrogen-bond donors (Lipinski definition) is 1. The molecule has 1 fully saturated rings. The van der Waals surface area contributed by atoms with Gasteiger partial charge in [-0.25, -0.2) is 14.8 Å². The number of aromatic nitrogens is 4. The van der Waals surface area contributed by atoms with E-state index in [9.17, 15) is 4.79 Å². The minimum absolute atomic E-state index is 0.103. The van der Waals surface area contributed by atoms with Crippen molar-refractivity contribution < 1.29 is 4.79 Å². The van der Waals surface area contributed by atoms with Gasteiger partial charge in [0.05, 0.1) is 11.0 Å². The van der Waals surface area contributed by atoms with Crippen molar-refractivity contribution in [3.8, 4) is 5.82 Å². The molecule has 1 N–H and O–H groups in total. The first-order valence-electron chi connectivity index (χ1n) is 10.1. The van der Waals surface area contributed by atoms with E-state index >= 15 is 0 Å². The fraction of sp³-hybridized carbons (Fsp3) is 0.429. The van der Waals surface area contributed by atoms with E-state index < -0.39 is 0 Å². The number of para-hydroxylation sites is 2. The van der Waals surface area contributed by atoms with Crippen LogP contribution >= 0.6 is 0 Å². The van der Waals surface area contributed by atoms with Gasteiger partial charge in [-0.3, -0.25) is 4.57 Å². The highest BCUT2D eigenvalue weighted by molar-refractivity contribution is 5.76. The topological polar surface area (TPSA) is 79.2 Å². The molecule has 8 nitrogen and oxygen atoms in total. The number of nitrogens with one attached hydrogen (secondary N) is 1. The van der Waals surface area contributed by atoms with Crippen LogP contribution in [0, 0.1) is 5.92 Å². The molecule has 2 amide bonds. The largest absolute Gasteiger partial charge is 0.354 e. The summed E-state index contributed by atoms with van der Waals surface area (Å²) in [4.78, 5) is 29.2. The average molecular weight is 393 g/mol. The van der Waals surface area contributed by atoms with Crippen LogP contribution in [0.1, 0.15) is 19.3 Å². The third-order valence-electron chi connectivity index (χ3n) is 5.35. The van der Waals surface area contributed by atoms with Gasteiger partial charge in [0, 0.05) is 39.9 Å². The zero-order valence-electron chi connectivity index (χ0n) is 17.0. The van der Waals surface area contributed by atoms with Gasteiger partial charge in [0.15, 0.2) is 0 Å². The second-order valence-electron chi connectivity index (χ2n) is 7.69. The van der Waals surface area contributed by atoms with Gasteiger partial charge in [0.25, 0.3) is 0 Å². The molecule has 3 aromatic rings. The van der Waals surface area contributed by atoms with E-state index in [1.54, 1.807) is 31.5 Å². The third kappa shape index (κ3) is 4.31. The lowest BCUT2D eigenvalue weighted by molar-refractivity contribution is 0.141. The molecule has 2 aromatic heterocycles. The lowest BCUT2D eigenvalue weighted by Gasteiger charge is -2.34. The maximum absolute atomic E-state index is 12.2. The summed E-state index contributed by atoms with van der Waals surface area (Å²) in [6, 6.07) is 9.97. The van der Waals surface area contributed by atoms with Crippen molar-refractivity contribution in [3.63, 3.8) is 0 Å². The molecule has 0 bridgehead atoms. The predicted octanol–water partition coefficient (Wildman–Crippen LogP) is 3.01. The summed E-state index contributed by atoms with van der Waals surface area (Å²) >= 11 is 0. The molecule has 29 heavy (non-hydrogen) atoms. The Morgan fingerprint density at radius 2 is 2.10 bits per heavy atom. The number of rotatable bonds is 5. The van der Waals surface area contributed by atoms with Gasteiger partial charge in [-0.1, -0.05) is 12.1 Å². The van der Waals surface area contributed by atoms with E-state index in [4.69, 9.17) is 0 Å². The molecular weight excluding hydrogens is 366 g/mol. The molecule has 1 saturated heterocycles. The van der Waals surface area contributed by atoms with Crippen molar-refractivity contribution in [2.24, 2.45) is 5.92 Å². The number of fused-ring (bicyclic) bond motifs is 1. The molecule has 0 radical (unpaired) electrons. The fourth-order valence-electron chi connectivity index (χ4n) is 3.86. The Morgan fingerprint density at radius 1 is 1.24 bits per heavy atom. The number of imidazole rings is 1. The SMILES string of the molecule is CN(C)C(=O)N1CCCC(CCNc2nccc(-n3cnc4ccccc43)n2)C1. The second-order valence-corrected chi connectivity index (χ2v) is 7.69. The van der Waals surface area contributed by atoms with Gasteiger partial charge in [-0.05, 0) is 43.4 Å². The summed E-state index contributed by atoms with van der Waals surface area (Å²) in [5.74, 6) is 1.90. The number of benzene rings is 1. The number of amides is 2. The van der Waals surface area contributed by atoms with E-state index in [1.165, 1.54) is 0 Å². The Morgan fingerprint density at radius 3 is 2.97 bits per heavy atom. The summed E-state index contributed by atoms with van der Waals surface area (Å²) in [5.41, 5.74) is 1.96. The maximum atomic E-state index is 12.2. The zero-order chi connectivity index (χ0) is 20.2. The van der Waals surface area contributed by atoms with Crippen LogP contribution in [0.15, 0.2) is 42.9 Å². The molecule has 0 saturated carbocycles. The van der Waals surface area contributed by atoms with Crippen LogP contribution in [0.2, 0.25) is 0 Å². The molecule has 8 heteroatoms. The minimum atomic E-state index is 0.103. The highest BCUT2D eigenvalue weighted by Crippen LogP contribution is 2.21. The van der Waals surface area contributed by atoms with E-state index in [0.717, 1.165) is 55.7 Å². The number of carbonyl (C=O) groups is 1. The van der Waals surface area contributed by atoms with Crippen molar-refractivity contribution in [1.82, 2.24) is 29.3 Å². The highest BCUT2D eigenvalue weighted by atomic mass is 16.2. The average Bonchev–Trinajstić information content (AvgIpc) is 3.18. The third-order valence-corrected chi connectivity index (χ3v) is 5.35. The molecule has 0 spiro atoms. The van der Waals surface area contributed by atoms with Gasteiger partial charge in [0.1, 0.15) is 12.1 Å². The Bertz CT molecular complexity index is 984. The van der Waals surface area contributed by atoms with Crippen molar-refractivity contribution in [2.75, 3.05) is 39.0 Å². The molecular formula is C21H27N7O. The first-order valence-corrected chi connectivity index (χ1v) is 10.1. The monoisotopic (exact) mass is 393 g/mol. The number of likely N-dealkylation sites (tertiary alicyclic amines) is 1. The number of piperidine rings is 1. The Kier molecular flexibility index (Phi) is 5.59. The molecule has 1 aromatic carbocycles. The fourth-order valence-corrected chi connectivity index (χ4v) is 3.86. The van der Waals surface area contributed by atoms with Crippen molar-refractivity contribution >= 4 is 23.0 Å². The van der Waals surface area contributed by atoms with E-state index in [2.05, 4.69) is 20.3 Å². The van der Waals surface area contributed by atoms with Crippen LogP contribution in [-0.2, 0) is 0 Å². The molecule has 1 unspecified atom stereocenters. The van der Waals surface area contributed by atoms with E-state index in [1.807, 2.05) is 39.8 Å². The number of urea groups is 1. The quantitative estimate of drug-likeness (QED) is 0.721. The van der Waals surface area contributed by atoms with E-state index in [-0.39, 0.29) is 6.03 Å². The molecule has 4 rings (SSSR count). The Labute approximate surface area is 170 Å². The lowest BCUT2D eigenvalue weighted by Crippen LogP contribution is -2.45. The van der Waals surface area contributed by atoms with Gasteiger partial charge in [-0.15, -0.1) is 0 Å². The summed E-state index contributed by atoms with van der Waals surface area (Å²) in [6.45, 7) is 2.45. The Hall–Kier alpha value is -3.16. The first kappa shape index (κ1) is 19.2. The number of anilines is 1. The van der Waals surface area contributed by atoms with Gasteiger partial charge in [-0.2, -0.15) is 4.98 Å². The van der Waals surface area contributed by atoms with Crippen LogP contribution in [0.5, 0.6) is 0 Å². The predicted molar refractivity (Wildman–Crippen MR) is 113 cm³/mol. The van der Waals surface area contributed by atoms with Crippen LogP contribution in [0.3, 0.4) is 0 Å². The van der Waals surface area contributed by atoms with Gasteiger partial charge < -0.3 is 15.1 Å². The van der Waals surface area contributed by atoms with Crippen LogP contribution < -0.4 is 5.32 Å². The molecule has 3 heterocycles. The number of hydrogen-bond acceptors (Lipinski definition) is 5. The summed E-state index contributed by atoms with van der Waals surface area (Å²) < 4.78 is 1.97. The standard InChI is InChI=1S/C21H27N7O/c1-26(2)21(29)27-13-5-6-16(14-27)9-11-22-20-23-12-10-19(25-20)28-15-24-17-7-3-4-8-18(17)28/h3-4,7-8,10,12,15-16H,5-6,9,11,13-14H2,1-2H3,(H,22,23,25). The first-order chi connectivity index (χ1) is 14.1. The van der Waals surface area contributed by atoms with Crippen LogP contribution in [0.4, 0.5) is 10.7 Å². The summed E-state index contributed by atoms with van der Waals surface area (Å²) in [7, 11) is 3.61. The summed E-state index contributed by atoms with van der Waals surface area (Å²) in [6.07, 6.45) is 6.75. The molecule has 1 aliphatic heterocycles. The van der Waals surface area contributed by atoms with Crippen molar-refractivity contribution in [1.29, 1.82) is 0 Å². The van der Waals surface area contributed by atoms with Crippen molar-refractivity contribution in [2.45, 2.75) is 19.3 Å². The Balaban J connectivity index is 1.36. The minimum Gasteiger partial charge on any atom is -0.354 e. The number of nitrogens with zero attached hydrogens (tertiary/aromatic N) is 6. The molecule has 1 atom stereocenters. The number of carbonyl (C=O) groups excluding carboxylic acids is 1. The molecule has 152 valence electrons. The highest BCUT2D eigenvalue weighted by Gasteiger charge is 2.24.